The second-order valence-electron chi connectivity index (χ2n) is 5.70. The molecule has 0 radical (unpaired) electrons. The van der Waals surface area contributed by atoms with Crippen LogP contribution in [0.5, 0.6) is 0 Å². The number of nitrogens with zero attached hydrogens (tertiary/aromatic N) is 3. The molecule has 0 spiro atoms. The van der Waals surface area contributed by atoms with Crippen molar-refractivity contribution in [2.75, 3.05) is 52.4 Å². The van der Waals surface area contributed by atoms with Gasteiger partial charge >= 0.3 is 0 Å². The van der Waals surface area contributed by atoms with E-state index in [9.17, 15) is 8.42 Å². The molecule has 0 amide bonds. The predicted octanol–water partition coefficient (Wildman–Crippen LogP) is 0.0736. The van der Waals surface area contributed by atoms with E-state index in [2.05, 4.69) is 4.90 Å². The Hall–Kier alpha value is -0.210. The Morgan fingerprint density at radius 1 is 0.800 bits per heavy atom. The van der Waals surface area contributed by atoms with E-state index in [0.29, 0.717) is 26.2 Å². The highest BCUT2D eigenvalue weighted by Crippen LogP contribution is 2.18. The number of unbranched alkanes of at least 4 members (excludes halogenated alkanes) is 1. The maximum atomic E-state index is 12.5. The first-order valence-electron chi connectivity index (χ1n) is 7.82. The number of rotatable bonds is 6. The Morgan fingerprint density at radius 3 is 2.15 bits per heavy atom. The molecule has 0 aromatic rings. The van der Waals surface area contributed by atoms with Crippen molar-refractivity contribution in [2.45, 2.75) is 32.1 Å². The lowest BCUT2D eigenvalue weighted by Gasteiger charge is -2.26. The minimum atomic E-state index is -3.21. The molecular weight excluding hydrogens is 276 g/mol. The average Bonchev–Trinajstić information content (AvgIpc) is 2.87. The van der Waals surface area contributed by atoms with Gasteiger partial charge in [-0.3, -0.25) is 0 Å². The molecule has 0 bridgehead atoms. The van der Waals surface area contributed by atoms with E-state index in [-0.39, 0.29) is 0 Å². The first kappa shape index (κ1) is 16.2. The summed E-state index contributed by atoms with van der Waals surface area (Å²) in [5.74, 6) is 0. The third kappa shape index (κ3) is 4.14. The van der Waals surface area contributed by atoms with E-state index in [4.69, 9.17) is 5.73 Å². The minimum absolute atomic E-state index is 0.626. The van der Waals surface area contributed by atoms with Gasteiger partial charge in [-0.05, 0) is 51.7 Å². The average molecular weight is 304 g/mol. The monoisotopic (exact) mass is 304 g/mol. The summed E-state index contributed by atoms with van der Waals surface area (Å²) in [5, 5.41) is 0. The number of hydrogen-bond acceptors (Lipinski definition) is 4. The SMILES string of the molecule is NCCCCN1CCCN(S(=O)(=O)N2CCCC2)CC1. The van der Waals surface area contributed by atoms with Crippen molar-refractivity contribution >= 4 is 10.2 Å². The van der Waals surface area contributed by atoms with Crippen LogP contribution in [0.25, 0.3) is 0 Å². The highest BCUT2D eigenvalue weighted by atomic mass is 32.2. The van der Waals surface area contributed by atoms with Gasteiger partial charge in [0.2, 0.25) is 0 Å². The molecule has 2 heterocycles. The zero-order valence-electron chi connectivity index (χ0n) is 12.3. The normalized spacial score (nSPS) is 24.1. The second-order valence-corrected chi connectivity index (χ2v) is 7.63. The molecule has 0 aromatic heterocycles. The molecule has 7 heteroatoms. The van der Waals surface area contributed by atoms with Gasteiger partial charge in [-0.1, -0.05) is 0 Å². The summed E-state index contributed by atoms with van der Waals surface area (Å²) < 4.78 is 28.4. The van der Waals surface area contributed by atoms with Crippen molar-refractivity contribution < 1.29 is 8.42 Å². The molecule has 2 rings (SSSR count). The van der Waals surface area contributed by atoms with E-state index in [0.717, 1.165) is 58.3 Å². The molecule has 0 aliphatic carbocycles. The maximum Gasteiger partial charge on any atom is 0.282 e. The largest absolute Gasteiger partial charge is 0.330 e. The molecule has 6 nitrogen and oxygen atoms in total. The van der Waals surface area contributed by atoms with Crippen LogP contribution >= 0.6 is 0 Å². The molecular formula is C13H28N4O2S. The van der Waals surface area contributed by atoms with Crippen molar-refractivity contribution in [2.24, 2.45) is 5.73 Å². The van der Waals surface area contributed by atoms with Crippen LogP contribution in [0.3, 0.4) is 0 Å². The van der Waals surface area contributed by atoms with E-state index < -0.39 is 10.2 Å². The first-order chi connectivity index (χ1) is 9.64. The van der Waals surface area contributed by atoms with Gasteiger partial charge in [0.1, 0.15) is 0 Å². The van der Waals surface area contributed by atoms with E-state index in [1.54, 1.807) is 8.61 Å². The Kier molecular flexibility index (Phi) is 6.22. The molecule has 118 valence electrons. The smallest absolute Gasteiger partial charge is 0.282 e. The van der Waals surface area contributed by atoms with Crippen LogP contribution in [0.15, 0.2) is 0 Å². The van der Waals surface area contributed by atoms with Crippen LogP contribution in [-0.4, -0.2) is 74.3 Å². The highest BCUT2D eigenvalue weighted by Gasteiger charge is 2.32. The molecule has 0 unspecified atom stereocenters. The van der Waals surface area contributed by atoms with E-state index >= 15 is 0 Å². The molecule has 0 aromatic carbocycles. The van der Waals surface area contributed by atoms with Crippen molar-refractivity contribution in [3.05, 3.63) is 0 Å². The minimum Gasteiger partial charge on any atom is -0.330 e. The van der Waals surface area contributed by atoms with Gasteiger partial charge in [-0.2, -0.15) is 17.0 Å². The molecule has 20 heavy (non-hydrogen) atoms. The molecule has 2 saturated heterocycles. The van der Waals surface area contributed by atoms with Gasteiger partial charge in [0, 0.05) is 32.7 Å². The van der Waals surface area contributed by atoms with Gasteiger partial charge in [0.25, 0.3) is 10.2 Å². The van der Waals surface area contributed by atoms with Crippen molar-refractivity contribution in [1.29, 1.82) is 0 Å². The lowest BCUT2D eigenvalue weighted by atomic mass is 10.3. The quantitative estimate of drug-likeness (QED) is 0.705. The number of nitrogens with two attached hydrogens (primary N) is 1. The summed E-state index contributed by atoms with van der Waals surface area (Å²) in [4.78, 5) is 2.37. The van der Waals surface area contributed by atoms with Gasteiger partial charge < -0.3 is 10.6 Å². The van der Waals surface area contributed by atoms with Gasteiger partial charge in [0.15, 0.2) is 0 Å². The summed E-state index contributed by atoms with van der Waals surface area (Å²) in [6.45, 7) is 6.29. The van der Waals surface area contributed by atoms with Crippen molar-refractivity contribution in [3.8, 4) is 0 Å². The van der Waals surface area contributed by atoms with Crippen LogP contribution < -0.4 is 5.73 Å². The number of hydrogen-bond donors (Lipinski definition) is 1. The predicted molar refractivity (Wildman–Crippen MR) is 80.6 cm³/mol. The Balaban J connectivity index is 1.85. The Labute approximate surface area is 123 Å². The first-order valence-corrected chi connectivity index (χ1v) is 9.22. The van der Waals surface area contributed by atoms with Crippen LogP contribution in [0.1, 0.15) is 32.1 Å². The topological polar surface area (TPSA) is 69.9 Å². The standard InChI is InChI=1S/C13H28N4O2S/c14-6-1-2-7-15-8-5-11-17(13-12-15)20(18,19)16-9-3-4-10-16/h1-14H2. The summed E-state index contributed by atoms with van der Waals surface area (Å²) in [6.07, 6.45) is 5.08. The Bertz CT molecular complexity index is 382. The van der Waals surface area contributed by atoms with Gasteiger partial charge in [-0.15, -0.1) is 0 Å². The molecule has 2 fully saturated rings. The summed E-state index contributed by atoms with van der Waals surface area (Å²) in [6, 6.07) is 0. The van der Waals surface area contributed by atoms with E-state index in [1.165, 1.54) is 0 Å². The van der Waals surface area contributed by atoms with Crippen LogP contribution in [-0.2, 0) is 10.2 Å². The molecule has 2 aliphatic heterocycles. The fraction of sp³-hybridized carbons (Fsp3) is 1.00. The van der Waals surface area contributed by atoms with E-state index in [1.807, 2.05) is 0 Å². The molecule has 2 aliphatic rings. The summed E-state index contributed by atoms with van der Waals surface area (Å²) >= 11 is 0. The second kappa shape index (κ2) is 7.70. The summed E-state index contributed by atoms with van der Waals surface area (Å²) in [7, 11) is -3.21. The van der Waals surface area contributed by atoms with Crippen molar-refractivity contribution in [1.82, 2.24) is 13.5 Å². The third-order valence-corrected chi connectivity index (χ3v) is 6.23. The maximum absolute atomic E-state index is 12.5. The third-order valence-electron chi connectivity index (χ3n) is 4.19. The van der Waals surface area contributed by atoms with Crippen molar-refractivity contribution in [3.63, 3.8) is 0 Å². The zero-order chi connectivity index (χ0) is 14.4. The summed E-state index contributed by atoms with van der Waals surface area (Å²) in [5.41, 5.74) is 5.51. The van der Waals surface area contributed by atoms with Crippen LogP contribution in [0.2, 0.25) is 0 Å². The van der Waals surface area contributed by atoms with Crippen LogP contribution in [0.4, 0.5) is 0 Å². The lowest BCUT2D eigenvalue weighted by Crippen LogP contribution is -2.44. The van der Waals surface area contributed by atoms with Crippen LogP contribution in [0, 0.1) is 0 Å². The molecule has 0 atom stereocenters. The lowest BCUT2D eigenvalue weighted by molar-refractivity contribution is 0.279. The fourth-order valence-corrected chi connectivity index (χ4v) is 4.68. The Morgan fingerprint density at radius 2 is 1.45 bits per heavy atom. The molecule has 2 N–H and O–H groups in total. The van der Waals surface area contributed by atoms with Gasteiger partial charge in [0.05, 0.1) is 0 Å². The highest BCUT2D eigenvalue weighted by molar-refractivity contribution is 7.86. The molecule has 0 saturated carbocycles. The van der Waals surface area contributed by atoms with Gasteiger partial charge in [-0.25, -0.2) is 0 Å². The fourth-order valence-electron chi connectivity index (χ4n) is 2.96. The zero-order valence-corrected chi connectivity index (χ0v) is 13.2.